The second-order valence-electron chi connectivity index (χ2n) is 11.4. The van der Waals surface area contributed by atoms with E-state index in [1.165, 1.54) is 24.8 Å². The number of nitrogens with one attached hydrogen (secondary N) is 3. The van der Waals surface area contributed by atoms with Crippen LogP contribution in [0.25, 0.3) is 11.4 Å². The van der Waals surface area contributed by atoms with Crippen LogP contribution in [0.1, 0.15) is 11.4 Å². The van der Waals surface area contributed by atoms with Gasteiger partial charge in [0.25, 0.3) is 5.56 Å². The van der Waals surface area contributed by atoms with Crippen LogP contribution >= 0.6 is 23.2 Å². The third kappa shape index (κ3) is 10.1. The summed E-state index contributed by atoms with van der Waals surface area (Å²) in [6.45, 7) is 3.19. The molecule has 18 nitrogen and oxygen atoms in total. The molecule has 0 aliphatic heterocycles. The van der Waals surface area contributed by atoms with E-state index in [1.807, 2.05) is 0 Å². The van der Waals surface area contributed by atoms with Gasteiger partial charge in [-0.15, -0.1) is 10.2 Å². The number of halogens is 2. The van der Waals surface area contributed by atoms with Gasteiger partial charge >= 0.3 is 17.4 Å². The first kappa shape index (κ1) is 44.3. The van der Waals surface area contributed by atoms with Gasteiger partial charge in [-0.2, -0.15) is 15.3 Å². The smallest absolute Gasteiger partial charge is 0.871 e. The maximum atomic E-state index is 12.6. The number of rotatable bonds is 10. The van der Waals surface area contributed by atoms with Crippen molar-refractivity contribution >= 4 is 66.0 Å². The standard InChI is InChI=1S/2C17H16ClN5O4S.Cr/c1-10-16(17(25)23(22-10)12-5-3-11(18)4-6-12)21-20-14-9-13(7-8-15(14)24)28(26,27)19-2;1-10-16(17(25)23(22-10)12-5-3-4-11(18)8-12)21-20-14-9-13(6-7-15(14)24)28(26,27)19-2;/h3-9,19,24-25H,1-2H3;3-9,19,22,24H,1-2H3;/q;;+3/p-3. The second-order valence-corrected chi connectivity index (χ2v) is 16.1. The van der Waals surface area contributed by atoms with Gasteiger partial charge in [0, 0.05) is 15.9 Å². The van der Waals surface area contributed by atoms with Crippen LogP contribution in [0.3, 0.4) is 0 Å². The predicted molar refractivity (Wildman–Crippen MR) is 202 cm³/mol. The minimum atomic E-state index is -3.75. The minimum absolute atomic E-state index is 0. The Labute approximate surface area is 346 Å². The monoisotopic (exact) mass is 891 g/mol. The summed E-state index contributed by atoms with van der Waals surface area (Å²) in [4.78, 5) is 12.4. The first-order valence-electron chi connectivity index (χ1n) is 15.9. The molecule has 0 aliphatic carbocycles. The maximum Gasteiger partial charge on any atom is 3.00 e. The van der Waals surface area contributed by atoms with Crippen molar-refractivity contribution in [3.8, 4) is 28.8 Å². The van der Waals surface area contributed by atoms with Crippen LogP contribution in [-0.4, -0.2) is 50.5 Å². The van der Waals surface area contributed by atoms with E-state index >= 15 is 0 Å². The molecule has 0 fully saturated rings. The quantitative estimate of drug-likeness (QED) is 0.159. The fourth-order valence-electron chi connectivity index (χ4n) is 4.75. The summed E-state index contributed by atoms with van der Waals surface area (Å²) in [6.07, 6.45) is 0. The van der Waals surface area contributed by atoms with Gasteiger partial charge < -0.3 is 15.3 Å². The Morgan fingerprint density at radius 3 is 1.72 bits per heavy atom. The zero-order chi connectivity index (χ0) is 40.9. The van der Waals surface area contributed by atoms with Crippen LogP contribution in [0.4, 0.5) is 22.7 Å². The first-order valence-corrected chi connectivity index (χ1v) is 19.6. The molecule has 1 radical (unpaired) electrons. The molecule has 23 heteroatoms. The van der Waals surface area contributed by atoms with E-state index in [1.54, 1.807) is 62.4 Å². The molecule has 295 valence electrons. The van der Waals surface area contributed by atoms with E-state index in [-0.39, 0.29) is 49.9 Å². The number of aromatic nitrogens is 4. The minimum Gasteiger partial charge on any atom is -0.871 e. The molecule has 0 aliphatic rings. The van der Waals surface area contributed by atoms with Crippen molar-refractivity contribution in [1.82, 2.24) is 29.0 Å². The van der Waals surface area contributed by atoms with Crippen LogP contribution in [0.2, 0.25) is 10.0 Å². The predicted octanol–water partition coefficient (Wildman–Crippen LogP) is 4.83. The molecule has 3 N–H and O–H groups in total. The first-order chi connectivity index (χ1) is 26.4. The van der Waals surface area contributed by atoms with E-state index in [0.717, 1.165) is 35.0 Å². The van der Waals surface area contributed by atoms with Gasteiger partial charge in [0.15, 0.2) is 5.69 Å². The number of azo groups is 2. The molecule has 2 aromatic heterocycles. The molecule has 0 atom stereocenters. The average Bonchev–Trinajstić information content (AvgIpc) is 3.62. The normalized spacial score (nSPS) is 11.8. The topological polar surface area (TPSA) is 267 Å². The molecule has 57 heavy (non-hydrogen) atoms. The SMILES string of the molecule is CNS(=O)(=O)c1ccc([O-])c(N=Nc2c(C)[nH]n(-c3cccc(Cl)c3)c2=O)c1.CNS(=O)(=O)c1ccc([O-])c(N=Nc2c(C)nn(-c3ccc(Cl)cc3)c2[O-])c1.[Cr+3]. The number of sulfonamides is 2. The van der Waals surface area contributed by atoms with Crippen molar-refractivity contribution in [2.45, 2.75) is 23.6 Å². The summed E-state index contributed by atoms with van der Waals surface area (Å²) < 4.78 is 54.2. The number of benzene rings is 4. The van der Waals surface area contributed by atoms with E-state index < -0.39 is 43.0 Å². The Morgan fingerprint density at radius 1 is 0.684 bits per heavy atom. The van der Waals surface area contributed by atoms with Crippen molar-refractivity contribution in [3.05, 3.63) is 117 Å². The molecule has 0 saturated heterocycles. The second kappa shape index (κ2) is 18.3. The summed E-state index contributed by atoms with van der Waals surface area (Å²) >= 11 is 11.8. The van der Waals surface area contributed by atoms with Crippen LogP contribution in [0.5, 0.6) is 17.4 Å². The van der Waals surface area contributed by atoms with Gasteiger partial charge in [0.2, 0.25) is 20.0 Å². The van der Waals surface area contributed by atoms with Gasteiger partial charge in [0.05, 0.1) is 43.9 Å². The molecule has 2 heterocycles. The molecule has 0 unspecified atom stereocenters. The number of aryl methyl sites for hydroxylation is 2. The van der Waals surface area contributed by atoms with Gasteiger partial charge in [-0.1, -0.05) is 52.9 Å². The molecule has 0 amide bonds. The van der Waals surface area contributed by atoms with E-state index in [4.69, 9.17) is 23.2 Å². The third-order valence-electron chi connectivity index (χ3n) is 7.70. The van der Waals surface area contributed by atoms with Crippen molar-refractivity contribution in [1.29, 1.82) is 0 Å². The Balaban J connectivity index is 0.000000248. The fourth-order valence-corrected chi connectivity index (χ4v) is 6.56. The maximum absolute atomic E-state index is 12.6. The molecule has 4 aromatic carbocycles. The van der Waals surface area contributed by atoms with Gasteiger partial charge in [-0.05, 0) is 94.7 Å². The summed E-state index contributed by atoms with van der Waals surface area (Å²) in [5, 5.41) is 59.7. The van der Waals surface area contributed by atoms with Gasteiger partial charge in [-0.25, -0.2) is 35.6 Å². The van der Waals surface area contributed by atoms with Gasteiger partial charge in [0.1, 0.15) is 5.69 Å². The van der Waals surface area contributed by atoms with Crippen molar-refractivity contribution in [2.24, 2.45) is 20.5 Å². The Morgan fingerprint density at radius 2 is 1.21 bits per heavy atom. The molecular formula is C34H29Cl2CrN10O8S2. The summed E-state index contributed by atoms with van der Waals surface area (Å²) in [5.74, 6) is -1.59. The number of nitrogens with zero attached hydrogens (tertiary/aromatic N) is 7. The fraction of sp³-hybridized carbons (Fsp3) is 0.118. The van der Waals surface area contributed by atoms with Crippen LogP contribution < -0.4 is 30.3 Å². The Bertz CT molecular complexity index is 2770. The van der Waals surface area contributed by atoms with E-state index in [0.29, 0.717) is 32.8 Å². The van der Waals surface area contributed by atoms with E-state index in [9.17, 15) is 36.9 Å². The van der Waals surface area contributed by atoms with Crippen LogP contribution in [0, 0.1) is 13.8 Å². The zero-order valence-electron chi connectivity index (χ0n) is 30.0. The Hall–Kier alpha value is -5.37. The summed E-state index contributed by atoms with van der Waals surface area (Å²) in [7, 11) is -5.00. The molecule has 6 rings (SSSR count). The van der Waals surface area contributed by atoms with Crippen LogP contribution in [0.15, 0.2) is 120 Å². The number of hydrogen-bond donors (Lipinski definition) is 3. The molecule has 0 spiro atoms. The number of hydrogen-bond acceptors (Lipinski definition) is 13. The number of aromatic amines is 1. The molecule has 0 saturated carbocycles. The molecular weight excluding hydrogens is 863 g/mol. The Kier molecular flexibility index (Phi) is 14.2. The zero-order valence-corrected chi connectivity index (χ0v) is 34.4. The van der Waals surface area contributed by atoms with Crippen molar-refractivity contribution in [3.63, 3.8) is 0 Å². The summed E-state index contributed by atoms with van der Waals surface area (Å²) in [5.41, 5.74) is 0.738. The van der Waals surface area contributed by atoms with Crippen LogP contribution in [-0.2, 0) is 37.4 Å². The largest absolute Gasteiger partial charge is 3.00 e. The average molecular weight is 893 g/mol. The molecule has 6 aromatic rings. The summed E-state index contributed by atoms with van der Waals surface area (Å²) in [6, 6.07) is 19.8. The third-order valence-corrected chi connectivity index (χ3v) is 11.0. The molecule has 0 bridgehead atoms. The van der Waals surface area contributed by atoms with Crippen molar-refractivity contribution < 1.29 is 49.5 Å². The van der Waals surface area contributed by atoms with E-state index in [2.05, 4.69) is 40.1 Å². The number of H-pyrrole nitrogens is 1. The van der Waals surface area contributed by atoms with Crippen molar-refractivity contribution in [2.75, 3.05) is 14.1 Å². The van der Waals surface area contributed by atoms with Gasteiger partial charge in [-0.3, -0.25) is 9.89 Å².